The quantitative estimate of drug-likeness (QED) is 0.621. The Morgan fingerprint density at radius 3 is 2.68 bits per heavy atom. The Hall–Kier alpha value is -1.98. The Morgan fingerprint density at radius 2 is 1.95 bits per heavy atom. The lowest BCUT2D eigenvalue weighted by Gasteiger charge is -2.41. The molecule has 0 radical (unpaired) electrons. The van der Waals surface area contributed by atoms with Crippen molar-refractivity contribution in [2.45, 2.75) is 32.1 Å². The SMILES string of the molecule is O=C(c1ccc(F)c([N+](=O)[O-])c1)N1CC[C@H]2CCCC[C@@H]2C1. The van der Waals surface area contributed by atoms with Crippen molar-refractivity contribution in [2.24, 2.45) is 11.8 Å². The number of likely N-dealkylation sites (tertiary alicyclic amines) is 1. The number of nitro benzene ring substituents is 1. The zero-order valence-electron chi connectivity index (χ0n) is 12.3. The Bertz CT molecular complexity index is 605. The number of halogens is 1. The highest BCUT2D eigenvalue weighted by molar-refractivity contribution is 5.95. The number of fused-ring (bicyclic) bond motifs is 1. The lowest BCUT2D eigenvalue weighted by Crippen LogP contribution is -2.44. The normalized spacial score (nSPS) is 24.7. The van der Waals surface area contributed by atoms with E-state index in [0.29, 0.717) is 24.9 Å². The summed E-state index contributed by atoms with van der Waals surface area (Å²) in [6, 6.07) is 3.38. The maximum Gasteiger partial charge on any atom is 0.305 e. The fraction of sp³-hybridized carbons (Fsp3) is 0.562. The van der Waals surface area contributed by atoms with E-state index in [1.54, 1.807) is 4.90 Å². The average molecular weight is 306 g/mol. The van der Waals surface area contributed by atoms with Crippen molar-refractivity contribution in [1.29, 1.82) is 0 Å². The van der Waals surface area contributed by atoms with Gasteiger partial charge in [0.15, 0.2) is 0 Å². The van der Waals surface area contributed by atoms with Gasteiger partial charge in [-0.1, -0.05) is 19.3 Å². The van der Waals surface area contributed by atoms with Crippen molar-refractivity contribution in [2.75, 3.05) is 13.1 Å². The fourth-order valence-corrected chi connectivity index (χ4v) is 3.75. The monoisotopic (exact) mass is 306 g/mol. The summed E-state index contributed by atoms with van der Waals surface area (Å²) in [5.74, 6) is 0.113. The van der Waals surface area contributed by atoms with Crippen molar-refractivity contribution < 1.29 is 14.1 Å². The molecular formula is C16H19FN2O3. The summed E-state index contributed by atoms with van der Waals surface area (Å²) in [6.07, 6.45) is 5.89. The van der Waals surface area contributed by atoms with Gasteiger partial charge in [-0.15, -0.1) is 0 Å². The maximum absolute atomic E-state index is 13.4. The van der Waals surface area contributed by atoms with Crippen molar-refractivity contribution >= 4 is 11.6 Å². The van der Waals surface area contributed by atoms with Gasteiger partial charge >= 0.3 is 5.69 Å². The molecule has 118 valence electrons. The molecule has 1 amide bonds. The number of benzene rings is 1. The molecule has 1 heterocycles. The topological polar surface area (TPSA) is 63.4 Å². The third kappa shape index (κ3) is 2.82. The first-order valence-electron chi connectivity index (χ1n) is 7.79. The number of rotatable bonds is 2. The van der Waals surface area contributed by atoms with Crippen LogP contribution in [0.3, 0.4) is 0 Å². The Morgan fingerprint density at radius 1 is 1.23 bits per heavy atom. The number of nitro groups is 1. The highest BCUT2D eigenvalue weighted by atomic mass is 19.1. The van der Waals surface area contributed by atoms with Gasteiger partial charge in [0.05, 0.1) is 4.92 Å². The molecule has 2 atom stereocenters. The number of hydrogen-bond acceptors (Lipinski definition) is 3. The molecule has 22 heavy (non-hydrogen) atoms. The van der Waals surface area contributed by atoms with Crippen LogP contribution in [0.5, 0.6) is 0 Å². The van der Waals surface area contributed by atoms with Crippen molar-refractivity contribution in [3.05, 3.63) is 39.7 Å². The molecule has 1 saturated carbocycles. The molecule has 3 rings (SSSR count). The van der Waals surface area contributed by atoms with E-state index in [4.69, 9.17) is 0 Å². The highest BCUT2D eigenvalue weighted by Crippen LogP contribution is 2.36. The summed E-state index contributed by atoms with van der Waals surface area (Å²) >= 11 is 0. The molecule has 1 saturated heterocycles. The number of carbonyl (C=O) groups excluding carboxylic acids is 1. The first-order chi connectivity index (χ1) is 10.6. The molecule has 0 N–H and O–H groups in total. The summed E-state index contributed by atoms with van der Waals surface area (Å²) in [6.45, 7) is 1.40. The molecule has 0 unspecified atom stereocenters. The van der Waals surface area contributed by atoms with E-state index >= 15 is 0 Å². The summed E-state index contributed by atoms with van der Waals surface area (Å²) in [4.78, 5) is 24.3. The van der Waals surface area contributed by atoms with Gasteiger partial charge in [0.1, 0.15) is 0 Å². The number of carbonyl (C=O) groups is 1. The van der Waals surface area contributed by atoms with Gasteiger partial charge in [-0.3, -0.25) is 14.9 Å². The molecular weight excluding hydrogens is 287 g/mol. The number of nitrogens with zero attached hydrogens (tertiary/aromatic N) is 2. The summed E-state index contributed by atoms with van der Waals surface area (Å²) in [5.41, 5.74) is -0.444. The standard InChI is InChI=1S/C16H19FN2O3/c17-14-6-5-12(9-15(14)19(21)22)16(20)18-8-7-11-3-1-2-4-13(11)10-18/h5-6,9,11,13H,1-4,7-8,10H2/t11-,13-/m1/s1. The molecule has 2 fully saturated rings. The third-order valence-electron chi connectivity index (χ3n) is 4.97. The number of piperidine rings is 1. The average Bonchev–Trinajstić information content (AvgIpc) is 2.54. The number of hydrogen-bond donors (Lipinski definition) is 0. The fourth-order valence-electron chi connectivity index (χ4n) is 3.75. The molecule has 0 aromatic heterocycles. The third-order valence-corrected chi connectivity index (χ3v) is 4.97. The van der Waals surface area contributed by atoms with Gasteiger partial charge in [0.25, 0.3) is 5.91 Å². The van der Waals surface area contributed by atoms with Gasteiger partial charge in [0.2, 0.25) is 5.82 Å². The van der Waals surface area contributed by atoms with Gasteiger partial charge in [-0.25, -0.2) is 0 Å². The molecule has 6 heteroatoms. The van der Waals surface area contributed by atoms with Gasteiger partial charge in [-0.05, 0) is 36.8 Å². The van der Waals surface area contributed by atoms with Gasteiger partial charge in [0, 0.05) is 24.7 Å². The van der Waals surface area contributed by atoms with Crippen LogP contribution in [-0.4, -0.2) is 28.8 Å². The Kier molecular flexibility index (Phi) is 4.09. The molecule has 1 aromatic carbocycles. The van der Waals surface area contributed by atoms with Crippen LogP contribution in [0.25, 0.3) is 0 Å². The van der Waals surface area contributed by atoms with Crippen LogP contribution in [0, 0.1) is 27.8 Å². The predicted octanol–water partition coefficient (Wildman–Crippen LogP) is 3.39. The van der Waals surface area contributed by atoms with Crippen molar-refractivity contribution in [3.63, 3.8) is 0 Å². The largest absolute Gasteiger partial charge is 0.338 e. The van der Waals surface area contributed by atoms with Gasteiger partial charge < -0.3 is 4.90 Å². The Labute approximate surface area is 128 Å². The van der Waals surface area contributed by atoms with E-state index in [9.17, 15) is 19.3 Å². The zero-order valence-corrected chi connectivity index (χ0v) is 12.3. The molecule has 0 bridgehead atoms. The summed E-state index contributed by atoms with van der Waals surface area (Å²) in [5, 5.41) is 10.8. The van der Waals surface area contributed by atoms with Crippen molar-refractivity contribution in [1.82, 2.24) is 4.90 Å². The number of amides is 1. The van der Waals surface area contributed by atoms with Crippen LogP contribution in [0.2, 0.25) is 0 Å². The first-order valence-corrected chi connectivity index (χ1v) is 7.79. The summed E-state index contributed by atoms with van der Waals surface area (Å²) < 4.78 is 13.4. The first kappa shape index (κ1) is 14.9. The minimum atomic E-state index is -0.910. The molecule has 0 spiro atoms. The van der Waals surface area contributed by atoms with Crippen LogP contribution in [-0.2, 0) is 0 Å². The zero-order chi connectivity index (χ0) is 15.7. The van der Waals surface area contributed by atoms with Crippen LogP contribution in [0.4, 0.5) is 10.1 Å². The smallest absolute Gasteiger partial charge is 0.305 e. The van der Waals surface area contributed by atoms with Crippen LogP contribution >= 0.6 is 0 Å². The van der Waals surface area contributed by atoms with Crippen molar-refractivity contribution in [3.8, 4) is 0 Å². The molecule has 1 aliphatic carbocycles. The van der Waals surface area contributed by atoms with Gasteiger partial charge in [-0.2, -0.15) is 4.39 Å². The Balaban J connectivity index is 1.76. The van der Waals surface area contributed by atoms with E-state index in [2.05, 4.69) is 0 Å². The second-order valence-electron chi connectivity index (χ2n) is 6.27. The van der Waals surface area contributed by atoms with Crippen LogP contribution < -0.4 is 0 Å². The highest BCUT2D eigenvalue weighted by Gasteiger charge is 2.33. The minimum Gasteiger partial charge on any atom is -0.338 e. The maximum atomic E-state index is 13.4. The van der Waals surface area contributed by atoms with Crippen LogP contribution in [0.1, 0.15) is 42.5 Å². The second kappa shape index (κ2) is 6.02. The van der Waals surface area contributed by atoms with E-state index in [-0.39, 0.29) is 11.5 Å². The van der Waals surface area contributed by atoms with E-state index < -0.39 is 16.4 Å². The molecule has 1 aliphatic heterocycles. The molecule has 1 aromatic rings. The molecule has 2 aliphatic rings. The summed E-state index contributed by atoms with van der Waals surface area (Å²) in [7, 11) is 0. The lowest BCUT2D eigenvalue weighted by molar-refractivity contribution is -0.387. The predicted molar refractivity (Wildman–Crippen MR) is 79.0 cm³/mol. The second-order valence-corrected chi connectivity index (χ2v) is 6.27. The lowest BCUT2D eigenvalue weighted by atomic mass is 9.75. The minimum absolute atomic E-state index is 0.197. The van der Waals surface area contributed by atoms with E-state index in [1.807, 2.05) is 0 Å². The van der Waals surface area contributed by atoms with E-state index in [1.165, 1.54) is 25.3 Å². The van der Waals surface area contributed by atoms with Crippen LogP contribution in [0.15, 0.2) is 18.2 Å². The van der Waals surface area contributed by atoms with E-state index in [0.717, 1.165) is 25.0 Å². The molecule has 5 nitrogen and oxygen atoms in total.